The number of aromatic nitrogens is 2. The second-order valence-corrected chi connectivity index (χ2v) is 4.88. The van der Waals surface area contributed by atoms with E-state index < -0.39 is 18.0 Å². The summed E-state index contributed by atoms with van der Waals surface area (Å²) < 4.78 is 0. The van der Waals surface area contributed by atoms with Crippen LogP contribution in [0.2, 0.25) is 0 Å². The molecule has 7 nitrogen and oxygen atoms in total. The van der Waals surface area contributed by atoms with Gasteiger partial charge in [-0.2, -0.15) is 0 Å². The molecule has 2 rings (SSSR count). The minimum Gasteiger partial charge on any atom is -0.481 e. The second kappa shape index (κ2) is 5.30. The Morgan fingerprint density at radius 3 is 2.90 bits per heavy atom. The first kappa shape index (κ1) is 14.0. The molecule has 0 aliphatic carbocycles. The van der Waals surface area contributed by atoms with Crippen molar-refractivity contribution in [1.29, 1.82) is 0 Å². The Morgan fingerprint density at radius 1 is 1.45 bits per heavy atom. The number of nitrogens with zero attached hydrogens (tertiary/aromatic N) is 1. The molecule has 0 spiro atoms. The van der Waals surface area contributed by atoms with Gasteiger partial charge in [0.25, 0.3) is 5.91 Å². The molecule has 1 aromatic heterocycles. The number of hydrogen-bond donors (Lipinski definition) is 4. The molecule has 2 aromatic rings. The van der Waals surface area contributed by atoms with Crippen molar-refractivity contribution in [2.24, 2.45) is 0 Å². The molecule has 1 heterocycles. The molecular weight excluding hydrogens is 262 g/mol. The number of aromatic amines is 1. The van der Waals surface area contributed by atoms with Crippen LogP contribution in [0.5, 0.6) is 0 Å². The van der Waals surface area contributed by atoms with Gasteiger partial charge in [0, 0.05) is 12.1 Å². The topological polar surface area (TPSA) is 115 Å². The van der Waals surface area contributed by atoms with E-state index in [4.69, 9.17) is 5.11 Å². The zero-order valence-corrected chi connectivity index (χ0v) is 10.9. The van der Waals surface area contributed by atoms with Crippen LogP contribution in [0.15, 0.2) is 24.5 Å². The summed E-state index contributed by atoms with van der Waals surface area (Å²) in [6, 6.07) is 4.96. The lowest BCUT2D eigenvalue weighted by molar-refractivity contribution is -0.141. The van der Waals surface area contributed by atoms with Gasteiger partial charge in [-0.15, -0.1) is 0 Å². The molecule has 0 fully saturated rings. The van der Waals surface area contributed by atoms with Crippen LogP contribution in [0, 0.1) is 0 Å². The lowest BCUT2D eigenvalue weighted by Crippen LogP contribution is -2.42. The first-order valence-corrected chi connectivity index (χ1v) is 6.03. The van der Waals surface area contributed by atoms with E-state index in [9.17, 15) is 14.7 Å². The predicted molar refractivity (Wildman–Crippen MR) is 71.3 cm³/mol. The molecule has 106 valence electrons. The molecule has 0 bridgehead atoms. The number of amides is 1. The Morgan fingerprint density at radius 2 is 2.20 bits per heavy atom. The summed E-state index contributed by atoms with van der Waals surface area (Å²) >= 11 is 0. The number of rotatable bonds is 5. The third-order valence-electron chi connectivity index (χ3n) is 2.84. The predicted octanol–water partition coefficient (Wildman–Crippen LogP) is 0.518. The summed E-state index contributed by atoms with van der Waals surface area (Å²) in [5, 5.41) is 21.0. The van der Waals surface area contributed by atoms with Gasteiger partial charge in [-0.05, 0) is 25.1 Å². The average Bonchev–Trinajstić information content (AvgIpc) is 2.81. The standard InChI is InChI=1S/C13H15N3O4/c1-13(20,5-11(17)18)6-14-12(19)8-2-3-9-10(4-8)16-7-15-9/h2-4,7,20H,5-6H2,1H3,(H,14,19)(H,15,16)(H,17,18). The van der Waals surface area contributed by atoms with Gasteiger partial charge in [0.1, 0.15) is 0 Å². The maximum absolute atomic E-state index is 11.9. The lowest BCUT2D eigenvalue weighted by atomic mass is 10.0. The SMILES string of the molecule is CC(O)(CNC(=O)c1ccc2nc[nH]c2c1)CC(=O)O. The summed E-state index contributed by atoms with van der Waals surface area (Å²) in [6.07, 6.45) is 1.09. The number of imidazole rings is 1. The minimum atomic E-state index is -1.49. The van der Waals surface area contributed by atoms with Crippen LogP contribution in [0.1, 0.15) is 23.7 Å². The number of fused-ring (bicyclic) bond motifs is 1. The van der Waals surface area contributed by atoms with Crippen molar-refractivity contribution in [3.63, 3.8) is 0 Å². The molecule has 0 aliphatic heterocycles. The number of carboxylic acids is 1. The molecule has 1 unspecified atom stereocenters. The van der Waals surface area contributed by atoms with Gasteiger partial charge in [0.2, 0.25) is 0 Å². The number of carbonyl (C=O) groups is 2. The Hall–Kier alpha value is -2.41. The van der Waals surface area contributed by atoms with Crippen molar-refractivity contribution in [3.8, 4) is 0 Å². The molecule has 7 heteroatoms. The van der Waals surface area contributed by atoms with Crippen molar-refractivity contribution in [2.45, 2.75) is 18.9 Å². The fourth-order valence-corrected chi connectivity index (χ4v) is 1.84. The summed E-state index contributed by atoms with van der Waals surface area (Å²) in [4.78, 5) is 29.4. The first-order chi connectivity index (χ1) is 9.37. The van der Waals surface area contributed by atoms with Crippen LogP contribution < -0.4 is 5.32 Å². The van der Waals surface area contributed by atoms with Crippen LogP contribution in [0.25, 0.3) is 11.0 Å². The Labute approximate surface area is 114 Å². The quantitative estimate of drug-likeness (QED) is 0.636. The first-order valence-electron chi connectivity index (χ1n) is 6.03. The van der Waals surface area contributed by atoms with Gasteiger partial charge in [-0.3, -0.25) is 9.59 Å². The highest BCUT2D eigenvalue weighted by molar-refractivity contribution is 5.97. The molecule has 1 aromatic carbocycles. The summed E-state index contributed by atoms with van der Waals surface area (Å²) in [5.41, 5.74) is 0.404. The number of carbonyl (C=O) groups excluding carboxylic acids is 1. The molecule has 20 heavy (non-hydrogen) atoms. The van der Waals surface area contributed by atoms with Crippen molar-refractivity contribution >= 4 is 22.9 Å². The second-order valence-electron chi connectivity index (χ2n) is 4.88. The molecule has 0 saturated carbocycles. The van der Waals surface area contributed by atoms with Crippen LogP contribution in [-0.4, -0.2) is 44.2 Å². The van der Waals surface area contributed by atoms with E-state index in [0.29, 0.717) is 5.56 Å². The number of nitrogens with one attached hydrogen (secondary N) is 2. The number of H-pyrrole nitrogens is 1. The maximum Gasteiger partial charge on any atom is 0.306 e. The van der Waals surface area contributed by atoms with E-state index in [2.05, 4.69) is 15.3 Å². The van der Waals surface area contributed by atoms with E-state index in [1.807, 2.05) is 0 Å². The zero-order chi connectivity index (χ0) is 14.8. The number of aliphatic hydroxyl groups is 1. The highest BCUT2D eigenvalue weighted by atomic mass is 16.4. The molecule has 4 N–H and O–H groups in total. The summed E-state index contributed by atoms with van der Waals surface area (Å²) in [6.45, 7) is 1.22. The fraction of sp³-hybridized carbons (Fsp3) is 0.308. The monoisotopic (exact) mass is 277 g/mol. The van der Waals surface area contributed by atoms with Crippen molar-refractivity contribution in [3.05, 3.63) is 30.1 Å². The largest absolute Gasteiger partial charge is 0.481 e. The number of hydrogen-bond acceptors (Lipinski definition) is 4. The third-order valence-corrected chi connectivity index (χ3v) is 2.84. The molecule has 1 amide bonds. The number of benzene rings is 1. The normalized spacial score (nSPS) is 13.9. The zero-order valence-electron chi connectivity index (χ0n) is 10.9. The van der Waals surface area contributed by atoms with E-state index in [0.717, 1.165) is 11.0 Å². The van der Waals surface area contributed by atoms with E-state index in [1.54, 1.807) is 18.2 Å². The summed E-state index contributed by atoms with van der Waals surface area (Å²) in [5.74, 6) is -1.50. The van der Waals surface area contributed by atoms with Crippen LogP contribution >= 0.6 is 0 Å². The van der Waals surface area contributed by atoms with Gasteiger partial charge < -0.3 is 20.5 Å². The van der Waals surface area contributed by atoms with Crippen LogP contribution in [-0.2, 0) is 4.79 Å². The maximum atomic E-state index is 11.9. The molecule has 1 atom stereocenters. The van der Waals surface area contributed by atoms with Crippen molar-refractivity contribution in [1.82, 2.24) is 15.3 Å². The van der Waals surface area contributed by atoms with Crippen molar-refractivity contribution < 1.29 is 19.8 Å². The van der Waals surface area contributed by atoms with Gasteiger partial charge in [-0.1, -0.05) is 0 Å². The average molecular weight is 277 g/mol. The van der Waals surface area contributed by atoms with Gasteiger partial charge >= 0.3 is 5.97 Å². The van der Waals surface area contributed by atoms with Gasteiger partial charge in [0.05, 0.1) is 29.4 Å². The Bertz CT molecular complexity index is 648. The van der Waals surface area contributed by atoms with Gasteiger partial charge in [0.15, 0.2) is 0 Å². The molecular formula is C13H15N3O4. The lowest BCUT2D eigenvalue weighted by Gasteiger charge is -2.21. The summed E-state index contributed by atoms with van der Waals surface area (Å²) in [7, 11) is 0. The number of aliphatic carboxylic acids is 1. The molecule has 0 saturated heterocycles. The van der Waals surface area contributed by atoms with E-state index in [-0.39, 0.29) is 12.5 Å². The molecule has 0 aliphatic rings. The highest BCUT2D eigenvalue weighted by Gasteiger charge is 2.25. The van der Waals surface area contributed by atoms with Crippen LogP contribution in [0.3, 0.4) is 0 Å². The Balaban J connectivity index is 2.02. The van der Waals surface area contributed by atoms with Crippen molar-refractivity contribution in [2.75, 3.05) is 6.54 Å². The van der Waals surface area contributed by atoms with Gasteiger partial charge in [-0.25, -0.2) is 4.98 Å². The molecule has 0 radical (unpaired) electrons. The third kappa shape index (κ3) is 3.33. The smallest absolute Gasteiger partial charge is 0.306 e. The minimum absolute atomic E-state index is 0.140. The fourth-order valence-electron chi connectivity index (χ4n) is 1.84. The Kier molecular flexibility index (Phi) is 3.71. The highest BCUT2D eigenvalue weighted by Crippen LogP contribution is 2.12. The number of carboxylic acid groups (broad SMARTS) is 1. The van der Waals surface area contributed by atoms with E-state index in [1.165, 1.54) is 13.3 Å². The van der Waals surface area contributed by atoms with Crippen LogP contribution in [0.4, 0.5) is 0 Å². The van der Waals surface area contributed by atoms with E-state index >= 15 is 0 Å².